The number of benzene rings is 2. The number of aryl methyl sites for hydroxylation is 2. The third-order valence-corrected chi connectivity index (χ3v) is 8.85. The van der Waals surface area contributed by atoms with Gasteiger partial charge in [-0.15, -0.1) is 0 Å². The van der Waals surface area contributed by atoms with Gasteiger partial charge in [-0.05, 0) is 68.0 Å². The summed E-state index contributed by atoms with van der Waals surface area (Å²) < 4.78 is 34.2. The maximum atomic E-state index is 13.5. The molecule has 1 fully saturated rings. The summed E-state index contributed by atoms with van der Waals surface area (Å²) in [5, 5.41) is 0. The average Bonchev–Trinajstić information content (AvgIpc) is 2.77. The van der Waals surface area contributed by atoms with E-state index in [4.69, 9.17) is 4.74 Å². The molecule has 0 N–H and O–H groups in total. The van der Waals surface area contributed by atoms with Crippen molar-refractivity contribution in [1.29, 1.82) is 0 Å². The zero-order valence-electron chi connectivity index (χ0n) is 18.6. The van der Waals surface area contributed by atoms with Crippen LogP contribution in [0.1, 0.15) is 27.8 Å². The van der Waals surface area contributed by atoms with E-state index in [0.717, 1.165) is 33.6 Å². The first kappa shape index (κ1) is 21.8. The maximum Gasteiger partial charge on any atom is 0.243 e. The number of carbonyl (C=O) groups is 1. The number of amides is 1. The van der Waals surface area contributed by atoms with Gasteiger partial charge in [0, 0.05) is 26.2 Å². The summed E-state index contributed by atoms with van der Waals surface area (Å²) in [7, 11) is -3.61. The van der Waals surface area contributed by atoms with E-state index in [9.17, 15) is 13.2 Å². The molecule has 2 heterocycles. The van der Waals surface area contributed by atoms with Gasteiger partial charge in [-0.3, -0.25) is 4.79 Å². The van der Waals surface area contributed by atoms with Gasteiger partial charge in [0.1, 0.15) is 12.4 Å². The fourth-order valence-corrected chi connectivity index (χ4v) is 6.59. The predicted octanol–water partition coefficient (Wildman–Crippen LogP) is 3.00. The molecule has 7 heteroatoms. The highest BCUT2D eigenvalue weighted by molar-refractivity contribution is 7.89. The lowest BCUT2D eigenvalue weighted by molar-refractivity contribution is -0.138. The molecule has 0 radical (unpaired) electrons. The molecule has 166 valence electrons. The fourth-order valence-electron chi connectivity index (χ4n) is 4.59. The molecule has 6 nitrogen and oxygen atoms in total. The number of carbonyl (C=O) groups excluding carboxylic acids is 1. The molecule has 0 aromatic heterocycles. The fraction of sp³-hybridized carbons (Fsp3) is 0.458. The minimum atomic E-state index is -3.61. The number of fused-ring (bicyclic) bond motifs is 1. The monoisotopic (exact) mass is 442 g/mol. The van der Waals surface area contributed by atoms with Crippen molar-refractivity contribution in [2.24, 2.45) is 5.92 Å². The number of sulfonamides is 1. The highest BCUT2D eigenvalue weighted by atomic mass is 32.2. The van der Waals surface area contributed by atoms with Crippen LogP contribution < -0.4 is 4.74 Å². The molecule has 0 aliphatic carbocycles. The van der Waals surface area contributed by atoms with Gasteiger partial charge in [0.2, 0.25) is 15.9 Å². The van der Waals surface area contributed by atoms with Crippen LogP contribution in [0.3, 0.4) is 0 Å². The van der Waals surface area contributed by atoms with Crippen molar-refractivity contribution >= 4 is 15.9 Å². The van der Waals surface area contributed by atoms with Crippen LogP contribution in [0.15, 0.2) is 35.2 Å². The van der Waals surface area contributed by atoms with Gasteiger partial charge < -0.3 is 9.64 Å². The van der Waals surface area contributed by atoms with Crippen molar-refractivity contribution in [1.82, 2.24) is 9.21 Å². The van der Waals surface area contributed by atoms with E-state index in [2.05, 4.69) is 0 Å². The van der Waals surface area contributed by atoms with E-state index in [1.165, 1.54) is 4.31 Å². The van der Waals surface area contributed by atoms with E-state index in [1.54, 1.807) is 4.90 Å². The standard InChI is InChI=1S/C24H30N2O4S/c1-16-13-17(2)19(4)23(18(16)3)31(28,29)26-11-9-25(10-12-26)24(27)21-14-20-7-5-6-8-22(20)30-15-21/h5-8,13,21H,9-12,14-15H2,1-4H3. The number of ether oxygens (including phenoxy) is 1. The average molecular weight is 443 g/mol. The minimum Gasteiger partial charge on any atom is -0.492 e. The first-order valence-electron chi connectivity index (χ1n) is 10.8. The molecule has 0 saturated carbocycles. The summed E-state index contributed by atoms with van der Waals surface area (Å²) in [4.78, 5) is 15.3. The Labute approximate surface area is 184 Å². The molecule has 0 bridgehead atoms. The third-order valence-electron chi connectivity index (χ3n) is 6.67. The van der Waals surface area contributed by atoms with Crippen molar-refractivity contribution in [3.05, 3.63) is 58.1 Å². The Morgan fingerprint density at radius 3 is 2.23 bits per heavy atom. The number of nitrogens with zero attached hydrogens (tertiary/aromatic N) is 2. The second kappa shape index (κ2) is 8.28. The Balaban J connectivity index is 1.46. The van der Waals surface area contributed by atoms with Gasteiger partial charge in [-0.25, -0.2) is 8.42 Å². The molecule has 2 aromatic carbocycles. The van der Waals surface area contributed by atoms with Crippen molar-refractivity contribution in [2.75, 3.05) is 32.8 Å². The van der Waals surface area contributed by atoms with E-state index in [0.29, 0.717) is 44.1 Å². The van der Waals surface area contributed by atoms with Crippen LogP contribution >= 0.6 is 0 Å². The second-order valence-electron chi connectivity index (χ2n) is 8.64. The lowest BCUT2D eigenvalue weighted by Gasteiger charge is -2.37. The molecule has 1 unspecified atom stereocenters. The maximum absolute atomic E-state index is 13.5. The molecule has 4 rings (SSSR count). The molecule has 1 amide bonds. The van der Waals surface area contributed by atoms with Crippen molar-refractivity contribution in [3.8, 4) is 5.75 Å². The molecule has 2 aliphatic heterocycles. The normalized spacial score (nSPS) is 19.6. The Morgan fingerprint density at radius 2 is 1.58 bits per heavy atom. The number of piperazine rings is 1. The number of hydrogen-bond donors (Lipinski definition) is 0. The van der Waals surface area contributed by atoms with Crippen molar-refractivity contribution in [3.63, 3.8) is 0 Å². The summed E-state index contributed by atoms with van der Waals surface area (Å²) in [5.74, 6) is 0.675. The van der Waals surface area contributed by atoms with Gasteiger partial charge in [0.15, 0.2) is 0 Å². The number of hydrogen-bond acceptors (Lipinski definition) is 4. The quantitative estimate of drug-likeness (QED) is 0.733. The summed E-state index contributed by atoms with van der Waals surface area (Å²) in [6.07, 6.45) is 0.661. The lowest BCUT2D eigenvalue weighted by atomic mass is 9.95. The Hall–Kier alpha value is -2.38. The van der Waals surface area contributed by atoms with Crippen LogP contribution in [0, 0.1) is 33.6 Å². The number of para-hydroxylation sites is 1. The predicted molar refractivity (Wildman–Crippen MR) is 120 cm³/mol. The van der Waals surface area contributed by atoms with Crippen LogP contribution in [-0.4, -0.2) is 56.3 Å². The molecule has 1 saturated heterocycles. The third kappa shape index (κ3) is 3.96. The summed E-state index contributed by atoms with van der Waals surface area (Å²) in [6.45, 7) is 9.43. The van der Waals surface area contributed by atoms with Crippen LogP contribution in [0.5, 0.6) is 5.75 Å². The molecule has 1 atom stereocenters. The van der Waals surface area contributed by atoms with Crippen molar-refractivity contribution in [2.45, 2.75) is 39.0 Å². The first-order chi connectivity index (χ1) is 14.7. The summed E-state index contributed by atoms with van der Waals surface area (Å²) in [5.41, 5.74) is 4.62. The smallest absolute Gasteiger partial charge is 0.243 e. The topological polar surface area (TPSA) is 66.9 Å². The lowest BCUT2D eigenvalue weighted by Crippen LogP contribution is -2.53. The first-order valence-corrected chi connectivity index (χ1v) is 12.2. The molecule has 31 heavy (non-hydrogen) atoms. The minimum absolute atomic E-state index is 0.0466. The van der Waals surface area contributed by atoms with Gasteiger partial charge in [-0.2, -0.15) is 4.31 Å². The molecular formula is C24H30N2O4S. The zero-order chi connectivity index (χ0) is 22.3. The van der Waals surface area contributed by atoms with Crippen LogP contribution in [0.4, 0.5) is 0 Å². The van der Waals surface area contributed by atoms with Crippen LogP contribution in [0.2, 0.25) is 0 Å². The molecule has 2 aromatic rings. The highest BCUT2D eigenvalue weighted by Gasteiger charge is 2.35. The van der Waals surface area contributed by atoms with Crippen LogP contribution in [-0.2, 0) is 21.2 Å². The van der Waals surface area contributed by atoms with E-state index in [-0.39, 0.29) is 11.8 Å². The summed E-state index contributed by atoms with van der Waals surface area (Å²) in [6, 6.07) is 9.84. The molecular weight excluding hydrogens is 412 g/mol. The highest BCUT2D eigenvalue weighted by Crippen LogP contribution is 2.30. The largest absolute Gasteiger partial charge is 0.492 e. The van der Waals surface area contributed by atoms with Gasteiger partial charge >= 0.3 is 0 Å². The molecule has 2 aliphatic rings. The zero-order valence-corrected chi connectivity index (χ0v) is 19.5. The number of rotatable bonds is 3. The van der Waals surface area contributed by atoms with Crippen molar-refractivity contribution < 1.29 is 17.9 Å². The Bertz CT molecular complexity index is 1090. The molecule has 0 spiro atoms. The SMILES string of the molecule is Cc1cc(C)c(C)c(S(=O)(=O)N2CCN(C(=O)C3COc4ccccc4C3)CC2)c1C. The summed E-state index contributed by atoms with van der Waals surface area (Å²) >= 11 is 0. The van der Waals surface area contributed by atoms with Gasteiger partial charge in [0.25, 0.3) is 0 Å². The van der Waals surface area contributed by atoms with E-state index >= 15 is 0 Å². The van der Waals surface area contributed by atoms with Gasteiger partial charge in [-0.1, -0.05) is 24.3 Å². The van der Waals surface area contributed by atoms with Crippen LogP contribution in [0.25, 0.3) is 0 Å². The van der Waals surface area contributed by atoms with E-state index in [1.807, 2.05) is 58.0 Å². The van der Waals surface area contributed by atoms with E-state index < -0.39 is 10.0 Å². The second-order valence-corrected chi connectivity index (χ2v) is 10.5. The Morgan fingerprint density at radius 1 is 0.968 bits per heavy atom. The van der Waals surface area contributed by atoms with Gasteiger partial charge in [0.05, 0.1) is 10.8 Å². The Kier molecular flexibility index (Phi) is 5.83.